The average molecular weight is 327 g/mol. The summed E-state index contributed by atoms with van der Waals surface area (Å²) in [4.78, 5) is 12.0. The lowest BCUT2D eigenvalue weighted by Gasteiger charge is -2.22. The van der Waals surface area contributed by atoms with Crippen molar-refractivity contribution in [3.8, 4) is 0 Å². The van der Waals surface area contributed by atoms with Crippen LogP contribution in [-0.4, -0.2) is 11.9 Å². The molecule has 3 nitrogen and oxygen atoms in total. The number of aryl methyl sites for hydroxylation is 1. The van der Waals surface area contributed by atoms with E-state index in [0.29, 0.717) is 6.42 Å². The quantitative estimate of drug-likeness (QED) is 0.882. The van der Waals surface area contributed by atoms with E-state index in [2.05, 4.69) is 42.0 Å². The molecule has 1 rings (SSSR count). The Bertz CT molecular complexity index is 452. The predicted molar refractivity (Wildman–Crippen MR) is 84.2 cm³/mol. The van der Waals surface area contributed by atoms with Gasteiger partial charge < -0.3 is 11.1 Å². The van der Waals surface area contributed by atoms with Gasteiger partial charge in [0.25, 0.3) is 0 Å². The predicted octanol–water partition coefficient (Wildman–Crippen LogP) is 3.85. The Morgan fingerprint density at radius 3 is 2.63 bits per heavy atom. The highest BCUT2D eigenvalue weighted by atomic mass is 79.9. The van der Waals surface area contributed by atoms with Crippen LogP contribution in [0.4, 0.5) is 5.69 Å². The van der Waals surface area contributed by atoms with Crippen molar-refractivity contribution in [1.82, 2.24) is 0 Å². The van der Waals surface area contributed by atoms with Crippen LogP contribution in [0.15, 0.2) is 22.7 Å². The van der Waals surface area contributed by atoms with Crippen LogP contribution in [0.1, 0.15) is 39.2 Å². The molecule has 0 aliphatic rings. The fourth-order valence-electron chi connectivity index (χ4n) is 2.03. The number of nitrogens with two attached hydrogens (primary N) is 1. The van der Waals surface area contributed by atoms with E-state index in [4.69, 9.17) is 5.73 Å². The monoisotopic (exact) mass is 326 g/mol. The van der Waals surface area contributed by atoms with Gasteiger partial charge in [-0.3, -0.25) is 4.79 Å². The molecule has 3 N–H and O–H groups in total. The zero-order valence-electron chi connectivity index (χ0n) is 12.1. The Morgan fingerprint density at radius 2 is 2.05 bits per heavy atom. The third-order valence-electron chi connectivity index (χ3n) is 2.80. The molecule has 106 valence electrons. The molecule has 1 aromatic carbocycles. The van der Waals surface area contributed by atoms with Gasteiger partial charge in [-0.25, -0.2) is 0 Å². The number of carbonyl (C=O) groups excluding carboxylic acids is 1. The first kappa shape index (κ1) is 16.2. The van der Waals surface area contributed by atoms with Gasteiger partial charge in [-0.05, 0) is 36.5 Å². The first-order valence-corrected chi connectivity index (χ1v) is 7.28. The molecular weight excluding hydrogens is 304 g/mol. The van der Waals surface area contributed by atoms with Crippen molar-refractivity contribution in [2.24, 2.45) is 11.1 Å². The van der Waals surface area contributed by atoms with Crippen molar-refractivity contribution in [3.63, 3.8) is 0 Å². The van der Waals surface area contributed by atoms with Crippen LogP contribution in [0.25, 0.3) is 0 Å². The summed E-state index contributed by atoms with van der Waals surface area (Å²) in [5.74, 6) is -0.0297. The van der Waals surface area contributed by atoms with E-state index < -0.39 is 0 Å². The van der Waals surface area contributed by atoms with Gasteiger partial charge in [0, 0.05) is 22.6 Å². The summed E-state index contributed by atoms with van der Waals surface area (Å²) >= 11 is 3.40. The van der Waals surface area contributed by atoms with Crippen molar-refractivity contribution in [2.75, 3.05) is 5.32 Å². The van der Waals surface area contributed by atoms with Crippen LogP contribution >= 0.6 is 15.9 Å². The van der Waals surface area contributed by atoms with Crippen molar-refractivity contribution >= 4 is 27.5 Å². The highest BCUT2D eigenvalue weighted by Gasteiger charge is 2.18. The van der Waals surface area contributed by atoms with Gasteiger partial charge in [0.15, 0.2) is 0 Å². The van der Waals surface area contributed by atoms with E-state index in [1.54, 1.807) is 0 Å². The first-order chi connectivity index (χ1) is 8.67. The number of amides is 1. The van der Waals surface area contributed by atoms with Gasteiger partial charge in [-0.1, -0.05) is 42.8 Å². The Balaban J connectivity index is 2.58. The molecule has 19 heavy (non-hydrogen) atoms. The standard InChI is InChI=1S/C15H23BrN2O/c1-10-5-6-11(16)7-13(10)18-14(19)8-12(17)9-15(2,3)4/h5-7,12H,8-9,17H2,1-4H3,(H,18,19). The average Bonchev–Trinajstić information content (AvgIpc) is 2.20. The summed E-state index contributed by atoms with van der Waals surface area (Å²) in [5.41, 5.74) is 8.03. The molecule has 1 amide bonds. The van der Waals surface area contributed by atoms with E-state index in [0.717, 1.165) is 22.1 Å². The highest BCUT2D eigenvalue weighted by molar-refractivity contribution is 9.10. The van der Waals surface area contributed by atoms with Gasteiger partial charge >= 0.3 is 0 Å². The van der Waals surface area contributed by atoms with Gasteiger partial charge in [0.05, 0.1) is 0 Å². The van der Waals surface area contributed by atoms with E-state index in [1.165, 1.54) is 0 Å². The van der Waals surface area contributed by atoms with Gasteiger partial charge in [-0.15, -0.1) is 0 Å². The second-order valence-corrected chi connectivity index (χ2v) is 7.15. The Hall–Kier alpha value is -0.870. The number of hydrogen-bond donors (Lipinski definition) is 2. The van der Waals surface area contributed by atoms with Crippen LogP contribution < -0.4 is 11.1 Å². The summed E-state index contributed by atoms with van der Waals surface area (Å²) in [6, 6.07) is 5.72. The van der Waals surface area contributed by atoms with Crippen molar-refractivity contribution < 1.29 is 4.79 Å². The summed E-state index contributed by atoms with van der Waals surface area (Å²) < 4.78 is 0.951. The molecule has 0 spiro atoms. The summed E-state index contributed by atoms with van der Waals surface area (Å²) in [5, 5.41) is 2.92. The van der Waals surface area contributed by atoms with Crippen LogP contribution in [0.5, 0.6) is 0 Å². The van der Waals surface area contributed by atoms with Crippen molar-refractivity contribution in [1.29, 1.82) is 0 Å². The summed E-state index contributed by atoms with van der Waals surface area (Å²) in [6.45, 7) is 8.35. The minimum Gasteiger partial charge on any atom is -0.327 e. The number of carbonyl (C=O) groups is 1. The Kier molecular flexibility index (Phi) is 5.56. The number of nitrogens with one attached hydrogen (secondary N) is 1. The third kappa shape index (κ3) is 6.21. The maximum Gasteiger partial charge on any atom is 0.225 e. The molecule has 0 saturated carbocycles. The minimum absolute atomic E-state index is 0.0297. The van der Waals surface area contributed by atoms with Crippen molar-refractivity contribution in [2.45, 2.75) is 46.6 Å². The first-order valence-electron chi connectivity index (χ1n) is 6.49. The number of anilines is 1. The molecule has 0 fully saturated rings. The fraction of sp³-hybridized carbons (Fsp3) is 0.533. The zero-order chi connectivity index (χ0) is 14.6. The van der Waals surface area contributed by atoms with Gasteiger partial charge in [0.2, 0.25) is 5.91 Å². The summed E-state index contributed by atoms with van der Waals surface area (Å²) in [6.07, 6.45) is 1.18. The molecule has 1 aromatic rings. The molecule has 1 atom stereocenters. The molecule has 0 aromatic heterocycles. The maximum atomic E-state index is 12.0. The van der Waals surface area contributed by atoms with E-state index in [1.807, 2.05) is 25.1 Å². The van der Waals surface area contributed by atoms with Gasteiger partial charge in [0.1, 0.15) is 0 Å². The number of halogens is 1. The van der Waals surface area contributed by atoms with Crippen LogP contribution in [0.3, 0.4) is 0 Å². The molecule has 0 saturated heterocycles. The topological polar surface area (TPSA) is 55.1 Å². The number of rotatable bonds is 4. The van der Waals surface area contributed by atoms with E-state index in [-0.39, 0.29) is 17.4 Å². The lowest BCUT2D eigenvalue weighted by Crippen LogP contribution is -2.31. The van der Waals surface area contributed by atoms with Gasteiger partial charge in [-0.2, -0.15) is 0 Å². The zero-order valence-corrected chi connectivity index (χ0v) is 13.7. The molecule has 0 radical (unpaired) electrons. The normalized spacial score (nSPS) is 13.2. The SMILES string of the molecule is Cc1ccc(Br)cc1NC(=O)CC(N)CC(C)(C)C. The lowest BCUT2D eigenvalue weighted by molar-refractivity contribution is -0.116. The number of hydrogen-bond acceptors (Lipinski definition) is 2. The molecule has 1 unspecified atom stereocenters. The number of benzene rings is 1. The molecular formula is C15H23BrN2O. The Labute approximate surface area is 124 Å². The molecule has 0 aliphatic heterocycles. The van der Waals surface area contributed by atoms with Crippen molar-refractivity contribution in [3.05, 3.63) is 28.2 Å². The molecule has 0 aliphatic carbocycles. The maximum absolute atomic E-state index is 12.0. The molecule has 0 heterocycles. The van der Waals surface area contributed by atoms with E-state index >= 15 is 0 Å². The minimum atomic E-state index is -0.104. The Morgan fingerprint density at radius 1 is 1.42 bits per heavy atom. The molecule has 0 bridgehead atoms. The van der Waals surface area contributed by atoms with E-state index in [9.17, 15) is 4.79 Å². The van der Waals surface area contributed by atoms with Crippen LogP contribution in [-0.2, 0) is 4.79 Å². The second-order valence-electron chi connectivity index (χ2n) is 6.24. The smallest absolute Gasteiger partial charge is 0.225 e. The highest BCUT2D eigenvalue weighted by Crippen LogP contribution is 2.23. The second kappa shape index (κ2) is 6.53. The summed E-state index contributed by atoms with van der Waals surface area (Å²) in [7, 11) is 0. The van der Waals surface area contributed by atoms with Crippen LogP contribution in [0, 0.1) is 12.3 Å². The fourth-order valence-corrected chi connectivity index (χ4v) is 2.39. The lowest BCUT2D eigenvalue weighted by atomic mass is 9.87. The third-order valence-corrected chi connectivity index (χ3v) is 3.29. The van der Waals surface area contributed by atoms with Crippen LogP contribution in [0.2, 0.25) is 0 Å². The largest absolute Gasteiger partial charge is 0.327 e. The molecule has 4 heteroatoms.